The molecule has 0 aromatic heterocycles. The highest BCUT2D eigenvalue weighted by atomic mass is 35.5. The maximum Gasteiger partial charge on any atom is 0.270 e. The summed E-state index contributed by atoms with van der Waals surface area (Å²) in [6.45, 7) is 0. The van der Waals surface area contributed by atoms with Crippen LogP contribution >= 0.6 is 46.4 Å². The first-order valence-electron chi connectivity index (χ1n) is 10.6. The van der Waals surface area contributed by atoms with Gasteiger partial charge in [0.05, 0.1) is 43.2 Å². The fraction of sp³-hybridized carbons (Fsp3) is 0. The number of hydrogen-bond donors (Lipinski definition) is 0. The number of nitro benzene ring substituents is 2. The third-order valence-corrected chi connectivity index (χ3v) is 6.49. The minimum Gasteiger partial charge on any atom is -0.456 e. The van der Waals surface area contributed by atoms with Gasteiger partial charge in [-0.15, -0.1) is 0 Å². The van der Waals surface area contributed by atoms with Crippen LogP contribution in [0.4, 0.5) is 11.4 Å². The Morgan fingerprint density at radius 3 is 1.36 bits per heavy atom. The van der Waals surface area contributed by atoms with Crippen molar-refractivity contribution >= 4 is 57.8 Å². The third kappa shape index (κ3) is 5.58. The average Bonchev–Trinajstić information content (AvgIpc) is 2.88. The first-order chi connectivity index (χ1) is 18.5. The van der Waals surface area contributed by atoms with Crippen LogP contribution in [0.25, 0.3) is 22.3 Å². The lowest BCUT2D eigenvalue weighted by Crippen LogP contribution is -1.98. The van der Waals surface area contributed by atoms with E-state index in [0.717, 1.165) is 0 Å². The van der Waals surface area contributed by atoms with Gasteiger partial charge in [0.2, 0.25) is 0 Å². The van der Waals surface area contributed by atoms with Gasteiger partial charge in [-0.3, -0.25) is 20.2 Å². The van der Waals surface area contributed by atoms with Gasteiger partial charge in [0.15, 0.2) is 0 Å². The molecule has 0 heterocycles. The number of hydrogen-bond acceptors (Lipinski definition) is 7. The molecule has 0 N–H and O–H groups in total. The van der Waals surface area contributed by atoms with Crippen molar-refractivity contribution in [3.05, 3.63) is 112 Å². The molecular formula is C26H10Cl4N4O5. The second-order valence-electron chi connectivity index (χ2n) is 7.82. The standard InChI is InChI=1S/C26H10Cl4N4O5/c27-15-5-13(11-31)25(21(29)7-15)19-9-17(33(35)36)1-3-23(19)39-24-4-2-18(34(37)38)10-20(24)26-14(12-32)6-16(28)8-22(26)30/h1-10H. The summed E-state index contributed by atoms with van der Waals surface area (Å²) in [5.74, 6) is 0.0278. The van der Waals surface area contributed by atoms with Crippen molar-refractivity contribution in [1.29, 1.82) is 10.5 Å². The van der Waals surface area contributed by atoms with E-state index in [0.29, 0.717) is 0 Å². The highest BCUT2D eigenvalue weighted by Crippen LogP contribution is 2.46. The third-order valence-electron chi connectivity index (χ3n) is 5.46. The van der Waals surface area contributed by atoms with Crippen LogP contribution in [0.1, 0.15) is 11.1 Å². The smallest absolute Gasteiger partial charge is 0.270 e. The van der Waals surface area contributed by atoms with Gasteiger partial charge >= 0.3 is 0 Å². The molecule has 0 unspecified atom stereocenters. The highest BCUT2D eigenvalue weighted by molar-refractivity contribution is 6.37. The van der Waals surface area contributed by atoms with E-state index >= 15 is 0 Å². The van der Waals surface area contributed by atoms with Gasteiger partial charge in [-0.25, -0.2) is 0 Å². The molecule has 4 aromatic rings. The van der Waals surface area contributed by atoms with Gasteiger partial charge < -0.3 is 4.74 Å². The van der Waals surface area contributed by atoms with E-state index in [-0.39, 0.29) is 76.3 Å². The maximum absolute atomic E-state index is 11.5. The summed E-state index contributed by atoms with van der Waals surface area (Å²) in [7, 11) is 0. The number of rotatable bonds is 6. The fourth-order valence-corrected chi connectivity index (χ4v) is 5.01. The first kappa shape index (κ1) is 27.6. The number of non-ortho nitro benzene ring substituents is 2. The van der Waals surface area contributed by atoms with Gasteiger partial charge in [-0.1, -0.05) is 46.4 Å². The van der Waals surface area contributed by atoms with Gasteiger partial charge in [0, 0.05) is 56.6 Å². The van der Waals surface area contributed by atoms with E-state index in [2.05, 4.69) is 0 Å². The molecule has 0 fully saturated rings. The van der Waals surface area contributed by atoms with Crippen molar-refractivity contribution in [2.75, 3.05) is 0 Å². The number of nitro groups is 2. The molecule has 0 saturated carbocycles. The molecule has 4 rings (SSSR count). The van der Waals surface area contributed by atoms with E-state index in [9.17, 15) is 30.8 Å². The summed E-state index contributed by atoms with van der Waals surface area (Å²) in [6, 6.07) is 16.6. The quantitative estimate of drug-likeness (QED) is 0.159. The van der Waals surface area contributed by atoms with Crippen LogP contribution in [0.5, 0.6) is 11.5 Å². The molecule has 0 aliphatic heterocycles. The highest BCUT2D eigenvalue weighted by Gasteiger charge is 2.24. The number of nitriles is 2. The topological polar surface area (TPSA) is 143 Å². The predicted molar refractivity (Wildman–Crippen MR) is 147 cm³/mol. The van der Waals surface area contributed by atoms with Gasteiger partial charge in [0.1, 0.15) is 11.5 Å². The molecule has 0 radical (unpaired) electrons. The van der Waals surface area contributed by atoms with Crippen LogP contribution < -0.4 is 4.74 Å². The fourth-order valence-electron chi connectivity index (χ4n) is 3.82. The zero-order chi connectivity index (χ0) is 28.4. The molecule has 9 nitrogen and oxygen atoms in total. The summed E-state index contributed by atoms with van der Waals surface area (Å²) in [5.41, 5.74) is -0.194. The molecule has 0 aliphatic rings. The lowest BCUT2D eigenvalue weighted by atomic mass is 9.97. The molecule has 13 heteroatoms. The summed E-state index contributed by atoms with van der Waals surface area (Å²) in [6.07, 6.45) is 0. The van der Waals surface area contributed by atoms with Gasteiger partial charge in [-0.05, 0) is 36.4 Å². The zero-order valence-electron chi connectivity index (χ0n) is 19.1. The van der Waals surface area contributed by atoms with Crippen LogP contribution in [0.2, 0.25) is 20.1 Å². The summed E-state index contributed by atoms with van der Waals surface area (Å²) < 4.78 is 6.14. The van der Waals surface area contributed by atoms with E-state index in [4.69, 9.17) is 51.1 Å². The molecule has 0 atom stereocenters. The van der Waals surface area contributed by atoms with Crippen molar-refractivity contribution in [3.63, 3.8) is 0 Å². The normalized spacial score (nSPS) is 10.4. The average molecular weight is 600 g/mol. The molecule has 4 aromatic carbocycles. The molecule has 0 saturated heterocycles. The second-order valence-corrected chi connectivity index (χ2v) is 9.51. The molecule has 0 bridgehead atoms. The van der Waals surface area contributed by atoms with Crippen LogP contribution in [0.15, 0.2) is 60.7 Å². The minimum atomic E-state index is -0.632. The van der Waals surface area contributed by atoms with Crippen molar-refractivity contribution in [2.24, 2.45) is 0 Å². The molecule has 0 aliphatic carbocycles. The Balaban J connectivity index is 2.01. The Bertz CT molecular complexity index is 1650. The van der Waals surface area contributed by atoms with Crippen LogP contribution in [0, 0.1) is 42.9 Å². The number of ether oxygens (including phenoxy) is 1. The summed E-state index contributed by atoms with van der Waals surface area (Å²) >= 11 is 24.9. The summed E-state index contributed by atoms with van der Waals surface area (Å²) in [5, 5.41) is 42.9. The Kier molecular flexibility index (Phi) is 7.91. The second kappa shape index (κ2) is 11.2. The largest absolute Gasteiger partial charge is 0.456 e. The van der Waals surface area contributed by atoms with Crippen molar-refractivity contribution < 1.29 is 14.6 Å². The van der Waals surface area contributed by atoms with Crippen LogP contribution in [-0.4, -0.2) is 9.85 Å². The zero-order valence-corrected chi connectivity index (χ0v) is 22.1. The van der Waals surface area contributed by atoms with E-state index < -0.39 is 9.85 Å². The first-order valence-corrected chi connectivity index (χ1v) is 12.1. The maximum atomic E-state index is 11.5. The molecular weight excluding hydrogens is 590 g/mol. The lowest BCUT2D eigenvalue weighted by Gasteiger charge is -2.17. The SMILES string of the molecule is N#Cc1cc(Cl)cc(Cl)c1-c1cc([N+](=O)[O-])ccc1Oc1ccc([N+](=O)[O-])cc1-c1c(Cl)cc(Cl)cc1C#N. The Morgan fingerprint density at radius 1 is 0.641 bits per heavy atom. The predicted octanol–water partition coefficient (Wildman–Crippen LogP) is 8.99. The van der Waals surface area contributed by atoms with Crippen LogP contribution in [0.3, 0.4) is 0 Å². The Hall–Kier alpha value is -4.38. The number of nitrogens with zero attached hydrogens (tertiary/aromatic N) is 4. The number of benzene rings is 4. The van der Waals surface area contributed by atoms with Crippen molar-refractivity contribution in [3.8, 4) is 45.9 Å². The molecule has 192 valence electrons. The van der Waals surface area contributed by atoms with E-state index in [1.165, 1.54) is 60.7 Å². The summed E-state index contributed by atoms with van der Waals surface area (Å²) in [4.78, 5) is 21.8. The Morgan fingerprint density at radius 2 is 1.03 bits per heavy atom. The molecule has 39 heavy (non-hydrogen) atoms. The minimum absolute atomic E-state index is 0.0139. The van der Waals surface area contributed by atoms with Crippen LogP contribution in [-0.2, 0) is 0 Å². The van der Waals surface area contributed by atoms with E-state index in [1.807, 2.05) is 12.1 Å². The Labute approximate surface area is 240 Å². The monoisotopic (exact) mass is 598 g/mol. The van der Waals surface area contributed by atoms with Gasteiger partial charge in [0.25, 0.3) is 11.4 Å². The van der Waals surface area contributed by atoms with Gasteiger partial charge in [-0.2, -0.15) is 10.5 Å². The molecule has 0 spiro atoms. The lowest BCUT2D eigenvalue weighted by molar-refractivity contribution is -0.385. The van der Waals surface area contributed by atoms with E-state index in [1.54, 1.807) is 0 Å². The number of halogens is 4. The van der Waals surface area contributed by atoms with Crippen molar-refractivity contribution in [2.45, 2.75) is 0 Å². The molecule has 0 amide bonds. The van der Waals surface area contributed by atoms with Crippen molar-refractivity contribution in [1.82, 2.24) is 0 Å².